The van der Waals surface area contributed by atoms with Crippen molar-refractivity contribution in [3.8, 4) is 39.1 Å². The molecule has 3 heterocycles. The molecule has 2 aliphatic heterocycles. The molecule has 0 spiro atoms. The summed E-state index contributed by atoms with van der Waals surface area (Å²) in [6.45, 7) is 41.7. The van der Waals surface area contributed by atoms with Gasteiger partial charge >= 0.3 is 0 Å². The van der Waals surface area contributed by atoms with Crippen LogP contribution in [0.4, 0.5) is 34.1 Å². The quantitative estimate of drug-likeness (QED) is 0.154. The lowest BCUT2D eigenvalue weighted by molar-refractivity contribution is 0.590. The molecular formula is C84H88BN3. The Morgan fingerprint density at radius 2 is 0.636 bits per heavy atom. The molecule has 11 aromatic rings. The van der Waals surface area contributed by atoms with Crippen molar-refractivity contribution >= 4 is 79.0 Å². The third-order valence-corrected chi connectivity index (χ3v) is 19.1. The third kappa shape index (κ3) is 10.3. The Morgan fingerprint density at radius 1 is 0.273 bits per heavy atom. The molecular weight excluding hydrogens is 1060 g/mol. The number of hydrogen-bond acceptors (Lipinski definition) is 2. The summed E-state index contributed by atoms with van der Waals surface area (Å²) in [7, 11) is 0. The lowest BCUT2D eigenvalue weighted by atomic mass is 9.33. The predicted molar refractivity (Wildman–Crippen MR) is 383 cm³/mol. The first kappa shape index (κ1) is 58.7. The van der Waals surface area contributed by atoms with Crippen LogP contribution in [0.1, 0.15) is 158 Å². The number of aromatic nitrogens is 1. The van der Waals surface area contributed by atoms with Gasteiger partial charge < -0.3 is 14.4 Å². The van der Waals surface area contributed by atoms with E-state index in [1.165, 1.54) is 128 Å². The Bertz CT molecular complexity index is 4290. The minimum absolute atomic E-state index is 0.00999. The molecule has 13 rings (SSSR count). The number of nitrogens with zero attached hydrogens (tertiary/aromatic N) is 3. The maximum absolute atomic E-state index is 2.60. The van der Waals surface area contributed by atoms with Gasteiger partial charge in [-0.3, -0.25) is 0 Å². The van der Waals surface area contributed by atoms with Gasteiger partial charge in [0.05, 0.1) is 16.7 Å². The number of benzene rings is 10. The number of para-hydroxylation sites is 2. The molecule has 0 aliphatic carbocycles. The summed E-state index contributed by atoms with van der Waals surface area (Å²) in [6, 6.07) is 80.7. The van der Waals surface area contributed by atoms with Crippen LogP contribution in [0.25, 0.3) is 60.9 Å². The van der Waals surface area contributed by atoms with Gasteiger partial charge in [-0.25, -0.2) is 0 Å². The molecule has 88 heavy (non-hydrogen) atoms. The molecule has 0 saturated heterocycles. The molecule has 4 heteroatoms. The zero-order valence-corrected chi connectivity index (χ0v) is 55.5. The molecule has 0 saturated carbocycles. The number of anilines is 6. The van der Waals surface area contributed by atoms with E-state index >= 15 is 0 Å². The van der Waals surface area contributed by atoms with Crippen molar-refractivity contribution in [1.82, 2.24) is 4.57 Å². The van der Waals surface area contributed by atoms with Crippen LogP contribution in [0.15, 0.2) is 206 Å². The van der Waals surface area contributed by atoms with E-state index in [4.69, 9.17) is 0 Å². The zero-order chi connectivity index (χ0) is 62.4. The molecule has 3 nitrogen and oxygen atoms in total. The van der Waals surface area contributed by atoms with Crippen LogP contribution in [0, 0.1) is 0 Å². The second-order valence-electron chi connectivity index (χ2n) is 31.7. The highest BCUT2D eigenvalue weighted by molar-refractivity contribution is 7.00. The van der Waals surface area contributed by atoms with Crippen LogP contribution in [0.5, 0.6) is 0 Å². The van der Waals surface area contributed by atoms with Crippen molar-refractivity contribution in [2.45, 2.75) is 157 Å². The minimum Gasteiger partial charge on any atom is -0.311 e. The fourth-order valence-electron chi connectivity index (χ4n) is 13.8. The normalized spacial score (nSPS) is 13.7. The molecule has 0 fully saturated rings. The highest BCUT2D eigenvalue weighted by Crippen LogP contribution is 2.49. The summed E-state index contributed by atoms with van der Waals surface area (Å²) in [5, 5.41) is 2.44. The average Bonchev–Trinajstić information content (AvgIpc) is 0.882. The second-order valence-corrected chi connectivity index (χ2v) is 31.7. The highest BCUT2D eigenvalue weighted by atomic mass is 15.2. The molecule has 442 valence electrons. The molecule has 0 unspecified atom stereocenters. The highest BCUT2D eigenvalue weighted by Gasteiger charge is 2.45. The molecule has 10 aromatic carbocycles. The standard InChI is InChI=1S/C84H88BN3/c1-79(2,3)58-30-26-53(27-31-58)55-46-56(54-28-32-59(33-29-54)80(4,5)6)48-57(47-55)67-23-21-24-69-68-22-19-20-25-72(68)88(78(67)69)66-51-75-77-76(52-66)87(65-42-36-61(37-43-65)82(10,11)12)74-45-39-63(84(16,17)18)50-71(74)85(77)70-49-62(83(13,14)15)38-44-73(70)86(75)64-40-34-60(35-41-64)81(7,8)9/h19-52H,1-18H3. The molecule has 0 atom stereocenters. The van der Waals surface area contributed by atoms with E-state index in [-0.39, 0.29) is 39.2 Å². The second kappa shape index (κ2) is 20.6. The van der Waals surface area contributed by atoms with Gasteiger partial charge in [0.2, 0.25) is 0 Å². The lowest BCUT2D eigenvalue weighted by Gasteiger charge is -2.45. The van der Waals surface area contributed by atoms with E-state index in [1.54, 1.807) is 0 Å². The van der Waals surface area contributed by atoms with Crippen LogP contribution < -0.4 is 26.2 Å². The van der Waals surface area contributed by atoms with E-state index in [0.29, 0.717) is 0 Å². The molecule has 0 radical (unpaired) electrons. The van der Waals surface area contributed by atoms with Crippen LogP contribution in [0.2, 0.25) is 0 Å². The van der Waals surface area contributed by atoms with Crippen molar-refractivity contribution in [2.75, 3.05) is 9.80 Å². The zero-order valence-electron chi connectivity index (χ0n) is 55.5. The van der Waals surface area contributed by atoms with Gasteiger partial charge in [-0.05, 0) is 183 Å². The summed E-state index contributed by atoms with van der Waals surface area (Å²) >= 11 is 0. The van der Waals surface area contributed by atoms with Crippen molar-refractivity contribution < 1.29 is 0 Å². The summed E-state index contributed by atoms with van der Waals surface area (Å²) in [5.74, 6) is 0. The maximum Gasteiger partial charge on any atom is 0.252 e. The SMILES string of the molecule is CC(C)(C)c1ccc(-c2cc(-c3ccc(C(C)(C)C)cc3)cc(-c3cccc4c5ccccc5n(-c5cc6c7c(c5)N(c5ccc(C(C)(C)C)cc5)c5ccc(C(C)(C)C)cc5B7c5cc(C(C)(C)C)ccc5N6c5ccc(C(C)(C)C)cc5)c34)c2)cc1. The average molecular weight is 1150 g/mol. The van der Waals surface area contributed by atoms with Crippen molar-refractivity contribution in [1.29, 1.82) is 0 Å². The van der Waals surface area contributed by atoms with E-state index in [2.05, 4.69) is 345 Å². The summed E-state index contributed by atoms with van der Waals surface area (Å²) in [4.78, 5) is 5.21. The first-order valence-electron chi connectivity index (χ1n) is 32.1. The first-order valence-corrected chi connectivity index (χ1v) is 32.1. The molecule has 2 aliphatic rings. The first-order chi connectivity index (χ1) is 41.4. The lowest BCUT2D eigenvalue weighted by Crippen LogP contribution is -2.61. The van der Waals surface area contributed by atoms with Crippen molar-refractivity contribution in [3.63, 3.8) is 0 Å². The fourth-order valence-corrected chi connectivity index (χ4v) is 13.8. The van der Waals surface area contributed by atoms with Crippen molar-refractivity contribution in [3.05, 3.63) is 240 Å². The minimum atomic E-state index is -0.0743. The monoisotopic (exact) mass is 1150 g/mol. The summed E-state index contributed by atoms with van der Waals surface area (Å²) in [5.41, 5.74) is 29.5. The van der Waals surface area contributed by atoms with Crippen molar-refractivity contribution in [2.24, 2.45) is 0 Å². The number of rotatable bonds is 6. The summed E-state index contributed by atoms with van der Waals surface area (Å²) in [6.07, 6.45) is 0. The smallest absolute Gasteiger partial charge is 0.252 e. The van der Waals surface area contributed by atoms with Gasteiger partial charge in [-0.1, -0.05) is 258 Å². The molecule has 0 amide bonds. The van der Waals surface area contributed by atoms with E-state index in [0.717, 1.165) is 17.1 Å². The maximum atomic E-state index is 2.60. The Kier molecular flexibility index (Phi) is 13.8. The van der Waals surface area contributed by atoms with E-state index in [9.17, 15) is 0 Å². The van der Waals surface area contributed by atoms with Gasteiger partial charge in [0, 0.05) is 50.5 Å². The van der Waals surface area contributed by atoms with Gasteiger partial charge in [0.15, 0.2) is 0 Å². The van der Waals surface area contributed by atoms with Gasteiger partial charge in [0.1, 0.15) is 0 Å². The predicted octanol–water partition coefficient (Wildman–Crippen LogP) is 21.7. The number of hydrogen-bond donors (Lipinski definition) is 0. The Hall–Kier alpha value is -8.34. The largest absolute Gasteiger partial charge is 0.311 e. The topological polar surface area (TPSA) is 11.4 Å². The summed E-state index contributed by atoms with van der Waals surface area (Å²) < 4.78 is 2.60. The molecule has 0 bridgehead atoms. The Labute approximate surface area is 526 Å². The Balaban J connectivity index is 1.14. The van der Waals surface area contributed by atoms with E-state index < -0.39 is 0 Å². The van der Waals surface area contributed by atoms with E-state index in [1.807, 2.05) is 0 Å². The third-order valence-electron chi connectivity index (χ3n) is 19.1. The fraction of sp³-hybridized carbons (Fsp3) is 0.286. The molecule has 1 aromatic heterocycles. The van der Waals surface area contributed by atoms with Crippen LogP contribution in [-0.2, 0) is 32.5 Å². The Morgan fingerprint density at radius 3 is 1.05 bits per heavy atom. The van der Waals surface area contributed by atoms with Gasteiger partial charge in [0.25, 0.3) is 6.71 Å². The number of fused-ring (bicyclic) bond motifs is 7. The van der Waals surface area contributed by atoms with Crippen LogP contribution >= 0.6 is 0 Å². The van der Waals surface area contributed by atoms with Crippen LogP contribution in [0.3, 0.4) is 0 Å². The van der Waals surface area contributed by atoms with Gasteiger partial charge in [-0.15, -0.1) is 0 Å². The van der Waals surface area contributed by atoms with Gasteiger partial charge in [-0.2, -0.15) is 0 Å². The molecule has 0 N–H and O–H groups in total. The van der Waals surface area contributed by atoms with Crippen LogP contribution in [-0.4, -0.2) is 11.3 Å².